The third-order valence-corrected chi connectivity index (χ3v) is 3.96. The van der Waals surface area contributed by atoms with E-state index < -0.39 is 22.9 Å². The van der Waals surface area contributed by atoms with E-state index in [1.165, 1.54) is 36.7 Å². The third-order valence-electron chi connectivity index (χ3n) is 3.69. The average molecular weight is 371 g/mol. The Bertz CT molecular complexity index is 1010. The molecule has 3 aromatic rings. The van der Waals surface area contributed by atoms with Crippen molar-refractivity contribution in [3.8, 4) is 11.5 Å². The Morgan fingerprint density at radius 3 is 2.52 bits per heavy atom. The zero-order chi connectivity index (χ0) is 18.5. The van der Waals surface area contributed by atoms with Crippen LogP contribution in [0.1, 0.15) is 21.6 Å². The molecule has 0 unspecified atom stereocenters. The SMILES string of the molecule is Cc1c(C(F)(F)F)c(Cl)nc2c1nc(-c1cccc(C(=O)O)n1)n2C. The number of carboxylic acids is 1. The van der Waals surface area contributed by atoms with Crippen LogP contribution in [0.5, 0.6) is 0 Å². The minimum absolute atomic E-state index is 0.0248. The molecule has 3 aromatic heterocycles. The van der Waals surface area contributed by atoms with Crippen LogP contribution < -0.4 is 0 Å². The first-order chi connectivity index (χ1) is 11.6. The molecule has 0 saturated carbocycles. The lowest BCUT2D eigenvalue weighted by Gasteiger charge is -2.11. The lowest BCUT2D eigenvalue weighted by Crippen LogP contribution is -2.10. The summed E-state index contributed by atoms with van der Waals surface area (Å²) in [6.45, 7) is 1.26. The smallest absolute Gasteiger partial charge is 0.419 e. The second-order valence-electron chi connectivity index (χ2n) is 5.28. The van der Waals surface area contributed by atoms with Gasteiger partial charge in [0.05, 0.1) is 5.56 Å². The van der Waals surface area contributed by atoms with Crippen molar-refractivity contribution in [3.05, 3.63) is 40.2 Å². The van der Waals surface area contributed by atoms with Crippen molar-refractivity contribution < 1.29 is 23.1 Å². The number of rotatable bonds is 2. The number of hydrogen-bond donors (Lipinski definition) is 1. The number of nitrogens with zero attached hydrogens (tertiary/aromatic N) is 4. The van der Waals surface area contributed by atoms with E-state index in [4.69, 9.17) is 16.7 Å². The van der Waals surface area contributed by atoms with Crippen molar-refractivity contribution in [2.24, 2.45) is 7.05 Å². The van der Waals surface area contributed by atoms with Gasteiger partial charge >= 0.3 is 12.1 Å². The highest BCUT2D eigenvalue weighted by atomic mass is 35.5. The topological polar surface area (TPSA) is 80.9 Å². The number of halogens is 4. The number of aromatic nitrogens is 4. The maximum Gasteiger partial charge on any atom is 0.419 e. The number of alkyl halides is 3. The molecule has 1 N–H and O–H groups in total. The van der Waals surface area contributed by atoms with Gasteiger partial charge in [0, 0.05) is 7.05 Å². The van der Waals surface area contributed by atoms with Crippen molar-refractivity contribution in [2.45, 2.75) is 13.1 Å². The van der Waals surface area contributed by atoms with Gasteiger partial charge < -0.3 is 9.67 Å². The summed E-state index contributed by atoms with van der Waals surface area (Å²) in [6, 6.07) is 4.28. The molecule has 0 aliphatic carbocycles. The fourth-order valence-electron chi connectivity index (χ4n) is 2.53. The van der Waals surface area contributed by atoms with Gasteiger partial charge in [-0.25, -0.2) is 19.7 Å². The summed E-state index contributed by atoms with van der Waals surface area (Å²) in [5, 5.41) is 8.36. The van der Waals surface area contributed by atoms with E-state index in [-0.39, 0.29) is 33.9 Å². The molecule has 25 heavy (non-hydrogen) atoms. The van der Waals surface area contributed by atoms with Crippen molar-refractivity contribution in [3.63, 3.8) is 0 Å². The Kier molecular flexibility index (Phi) is 3.91. The molecular formula is C15H10ClF3N4O2. The number of imidazole rings is 1. The van der Waals surface area contributed by atoms with E-state index in [9.17, 15) is 18.0 Å². The first kappa shape index (κ1) is 17.2. The Morgan fingerprint density at radius 2 is 1.92 bits per heavy atom. The van der Waals surface area contributed by atoms with Gasteiger partial charge in [0.2, 0.25) is 0 Å². The molecule has 0 fully saturated rings. The molecule has 0 amide bonds. The summed E-state index contributed by atoms with van der Waals surface area (Å²) in [5.41, 5.74) is -1.03. The molecule has 3 rings (SSSR count). The molecule has 0 radical (unpaired) electrons. The number of carboxylic acid groups (broad SMARTS) is 1. The zero-order valence-corrected chi connectivity index (χ0v) is 13.6. The Balaban J connectivity index is 2.29. The van der Waals surface area contributed by atoms with E-state index in [0.717, 1.165) is 0 Å². The average Bonchev–Trinajstić information content (AvgIpc) is 2.83. The van der Waals surface area contributed by atoms with E-state index in [1.807, 2.05) is 0 Å². The number of hydrogen-bond acceptors (Lipinski definition) is 4. The van der Waals surface area contributed by atoms with E-state index in [2.05, 4.69) is 15.0 Å². The molecule has 10 heteroatoms. The molecule has 0 saturated heterocycles. The predicted octanol–water partition coefficient (Wildman–Crippen LogP) is 3.71. The maximum absolute atomic E-state index is 13.2. The molecule has 0 aliphatic rings. The third kappa shape index (κ3) is 2.80. The summed E-state index contributed by atoms with van der Waals surface area (Å²) in [4.78, 5) is 23.0. The first-order valence-electron chi connectivity index (χ1n) is 6.91. The summed E-state index contributed by atoms with van der Waals surface area (Å²) in [5.74, 6) is -1.04. The van der Waals surface area contributed by atoms with Gasteiger partial charge in [-0.2, -0.15) is 13.2 Å². The van der Waals surface area contributed by atoms with E-state index in [1.54, 1.807) is 0 Å². The highest BCUT2D eigenvalue weighted by Gasteiger charge is 2.37. The first-order valence-corrected chi connectivity index (χ1v) is 7.29. The van der Waals surface area contributed by atoms with Crippen molar-refractivity contribution in [1.29, 1.82) is 0 Å². The Morgan fingerprint density at radius 1 is 1.24 bits per heavy atom. The quantitative estimate of drug-likeness (QED) is 0.695. The monoisotopic (exact) mass is 370 g/mol. The number of carbonyl (C=O) groups is 1. The largest absolute Gasteiger partial charge is 0.477 e. The molecular weight excluding hydrogens is 361 g/mol. The molecule has 0 aromatic carbocycles. The normalized spacial score (nSPS) is 11.9. The number of aromatic carboxylic acids is 1. The molecule has 0 atom stereocenters. The van der Waals surface area contributed by atoms with Gasteiger partial charge in [-0.05, 0) is 24.6 Å². The second-order valence-corrected chi connectivity index (χ2v) is 5.64. The Labute approximate surface area is 143 Å². The van der Waals surface area contributed by atoms with Gasteiger partial charge in [-0.1, -0.05) is 17.7 Å². The zero-order valence-electron chi connectivity index (χ0n) is 12.9. The second kappa shape index (κ2) is 5.69. The maximum atomic E-state index is 13.2. The molecule has 0 aliphatic heterocycles. The number of pyridine rings is 2. The van der Waals surface area contributed by atoms with Gasteiger partial charge in [0.1, 0.15) is 22.1 Å². The molecule has 3 heterocycles. The minimum Gasteiger partial charge on any atom is -0.477 e. The van der Waals surface area contributed by atoms with E-state index >= 15 is 0 Å². The highest BCUT2D eigenvalue weighted by Crippen LogP contribution is 2.39. The molecule has 130 valence electrons. The van der Waals surface area contributed by atoms with Crippen LogP contribution in [0.2, 0.25) is 5.15 Å². The van der Waals surface area contributed by atoms with Crippen molar-refractivity contribution >= 4 is 28.7 Å². The highest BCUT2D eigenvalue weighted by molar-refractivity contribution is 6.30. The van der Waals surface area contributed by atoms with Gasteiger partial charge in [-0.3, -0.25) is 0 Å². The minimum atomic E-state index is -4.67. The summed E-state index contributed by atoms with van der Waals surface area (Å²) < 4.78 is 40.9. The van der Waals surface area contributed by atoms with Crippen LogP contribution in [-0.2, 0) is 13.2 Å². The fourth-order valence-corrected chi connectivity index (χ4v) is 2.86. The number of aryl methyl sites for hydroxylation is 2. The van der Waals surface area contributed by atoms with Crippen molar-refractivity contribution in [2.75, 3.05) is 0 Å². The number of fused-ring (bicyclic) bond motifs is 1. The van der Waals surface area contributed by atoms with Crippen LogP contribution in [0.3, 0.4) is 0 Å². The van der Waals surface area contributed by atoms with Gasteiger partial charge in [0.15, 0.2) is 11.5 Å². The van der Waals surface area contributed by atoms with Crippen LogP contribution in [-0.4, -0.2) is 30.6 Å². The molecule has 0 spiro atoms. The lowest BCUT2D eigenvalue weighted by atomic mass is 10.1. The van der Waals surface area contributed by atoms with Crippen LogP contribution in [0, 0.1) is 6.92 Å². The summed E-state index contributed by atoms with van der Waals surface area (Å²) >= 11 is 5.72. The summed E-state index contributed by atoms with van der Waals surface area (Å²) in [7, 11) is 1.54. The van der Waals surface area contributed by atoms with Crippen LogP contribution in [0.25, 0.3) is 22.7 Å². The summed E-state index contributed by atoms with van der Waals surface area (Å²) in [6.07, 6.45) is -4.67. The predicted molar refractivity (Wildman–Crippen MR) is 83.4 cm³/mol. The lowest BCUT2D eigenvalue weighted by molar-refractivity contribution is -0.138. The Hall–Kier alpha value is -2.68. The van der Waals surface area contributed by atoms with Crippen LogP contribution >= 0.6 is 11.6 Å². The standard InChI is InChI=1S/C15H10ClF3N4O2/c1-6-9(15(17,18)19)11(16)22-13-10(6)21-12(23(13)2)7-4-3-5-8(20-7)14(24)25/h3-5H,1-2H3,(H,24,25). The van der Waals surface area contributed by atoms with Crippen LogP contribution in [0.15, 0.2) is 18.2 Å². The van der Waals surface area contributed by atoms with E-state index in [0.29, 0.717) is 0 Å². The fraction of sp³-hybridized carbons (Fsp3) is 0.200. The van der Waals surface area contributed by atoms with Gasteiger partial charge in [-0.15, -0.1) is 0 Å². The van der Waals surface area contributed by atoms with Crippen molar-refractivity contribution in [1.82, 2.24) is 19.5 Å². The van der Waals surface area contributed by atoms with Gasteiger partial charge in [0.25, 0.3) is 0 Å². The molecule has 6 nitrogen and oxygen atoms in total. The van der Waals surface area contributed by atoms with Crippen LogP contribution in [0.4, 0.5) is 13.2 Å². The molecule has 0 bridgehead atoms.